The Kier molecular flexibility index (Phi) is 4.65. The maximum atomic E-state index is 13.6. The largest absolute Gasteiger partial charge is 0.378 e. The molecule has 0 spiro atoms. The first-order chi connectivity index (χ1) is 8.58. The van der Waals surface area contributed by atoms with Gasteiger partial charge < -0.3 is 5.32 Å². The molecule has 94 valence electrons. The van der Waals surface area contributed by atoms with E-state index in [-0.39, 0.29) is 5.82 Å². The summed E-state index contributed by atoms with van der Waals surface area (Å²) in [5.74, 6) is -0.280. The van der Waals surface area contributed by atoms with Gasteiger partial charge in [-0.15, -0.1) is 0 Å². The van der Waals surface area contributed by atoms with E-state index in [1.54, 1.807) is 18.2 Å². The molecule has 0 aliphatic heterocycles. The molecule has 0 radical (unpaired) electrons. The number of rotatable bonds is 3. The third kappa shape index (κ3) is 3.25. The number of para-hydroxylation sites is 1. The Morgan fingerprint density at radius 2 is 1.89 bits per heavy atom. The average Bonchev–Trinajstić information content (AvgIpc) is 2.33. The van der Waals surface area contributed by atoms with Crippen LogP contribution in [0.2, 0.25) is 5.02 Å². The number of nitrogens with one attached hydrogen (secondary N) is 1. The average molecular weight is 393 g/mol. The fourth-order valence-electron chi connectivity index (χ4n) is 1.51. The van der Waals surface area contributed by atoms with Crippen LogP contribution in [0.1, 0.15) is 5.56 Å². The topological polar surface area (TPSA) is 12.0 Å². The quantitative estimate of drug-likeness (QED) is 0.714. The number of anilines is 1. The number of hydrogen-bond donors (Lipinski definition) is 1. The first kappa shape index (κ1) is 13.8. The van der Waals surface area contributed by atoms with Crippen LogP contribution in [0.4, 0.5) is 10.1 Å². The van der Waals surface area contributed by atoms with E-state index in [2.05, 4.69) is 37.2 Å². The van der Waals surface area contributed by atoms with Gasteiger partial charge in [0.2, 0.25) is 0 Å². The monoisotopic (exact) mass is 391 g/mol. The van der Waals surface area contributed by atoms with Crippen molar-refractivity contribution in [2.75, 3.05) is 5.32 Å². The van der Waals surface area contributed by atoms with Gasteiger partial charge >= 0.3 is 0 Å². The molecule has 0 aliphatic rings. The predicted molar refractivity (Wildman–Crippen MR) is 80.6 cm³/mol. The molecule has 2 aromatic carbocycles. The summed E-state index contributed by atoms with van der Waals surface area (Å²) in [6.45, 7) is 0.523. The lowest BCUT2D eigenvalue weighted by molar-refractivity contribution is 0.629. The van der Waals surface area contributed by atoms with Crippen LogP contribution in [0.15, 0.2) is 45.3 Å². The molecule has 0 atom stereocenters. The zero-order chi connectivity index (χ0) is 13.1. The van der Waals surface area contributed by atoms with E-state index in [1.807, 2.05) is 12.1 Å². The van der Waals surface area contributed by atoms with Crippen LogP contribution in [-0.2, 0) is 6.54 Å². The molecule has 0 saturated carbocycles. The fraction of sp³-hybridized carbons (Fsp3) is 0.0769. The van der Waals surface area contributed by atoms with Crippen LogP contribution in [0.5, 0.6) is 0 Å². The van der Waals surface area contributed by atoms with Gasteiger partial charge in [0.1, 0.15) is 5.82 Å². The van der Waals surface area contributed by atoms with Crippen molar-refractivity contribution in [2.45, 2.75) is 6.54 Å². The molecule has 0 amide bonds. The third-order valence-corrected chi connectivity index (χ3v) is 4.29. The molecule has 0 aliphatic carbocycles. The minimum absolute atomic E-state index is 0.280. The number of halogens is 4. The standard InChI is InChI=1S/C13H9Br2ClFN/c14-9-2-1-3-12(17)13(9)18-7-8-4-5-11(16)10(15)6-8/h1-6,18H,7H2. The van der Waals surface area contributed by atoms with E-state index in [0.29, 0.717) is 21.7 Å². The molecule has 18 heavy (non-hydrogen) atoms. The maximum Gasteiger partial charge on any atom is 0.147 e. The number of benzene rings is 2. The molecule has 2 aromatic rings. The maximum absolute atomic E-state index is 13.6. The lowest BCUT2D eigenvalue weighted by atomic mass is 10.2. The molecule has 0 fully saturated rings. The molecule has 0 aromatic heterocycles. The van der Waals surface area contributed by atoms with Crippen molar-refractivity contribution >= 4 is 49.1 Å². The highest BCUT2D eigenvalue weighted by Crippen LogP contribution is 2.27. The summed E-state index contributed by atoms with van der Waals surface area (Å²) in [7, 11) is 0. The Morgan fingerprint density at radius 3 is 2.56 bits per heavy atom. The second-order valence-electron chi connectivity index (χ2n) is 3.70. The second kappa shape index (κ2) is 6.04. The first-order valence-electron chi connectivity index (χ1n) is 5.20. The van der Waals surface area contributed by atoms with E-state index in [0.717, 1.165) is 10.0 Å². The Balaban J connectivity index is 2.14. The molecule has 0 unspecified atom stereocenters. The highest BCUT2D eigenvalue weighted by Gasteiger charge is 2.06. The van der Waals surface area contributed by atoms with Crippen molar-refractivity contribution in [1.29, 1.82) is 0 Å². The van der Waals surface area contributed by atoms with E-state index >= 15 is 0 Å². The predicted octanol–water partition coefficient (Wildman–Crippen LogP) is 5.62. The van der Waals surface area contributed by atoms with E-state index < -0.39 is 0 Å². The van der Waals surface area contributed by atoms with Gasteiger partial charge in [-0.25, -0.2) is 4.39 Å². The van der Waals surface area contributed by atoms with Gasteiger partial charge in [0, 0.05) is 15.5 Å². The minimum atomic E-state index is -0.280. The van der Waals surface area contributed by atoms with Crippen LogP contribution < -0.4 is 5.32 Å². The van der Waals surface area contributed by atoms with Gasteiger partial charge in [0.15, 0.2) is 0 Å². The lowest BCUT2D eigenvalue weighted by Gasteiger charge is -2.10. The van der Waals surface area contributed by atoms with Crippen LogP contribution in [0.25, 0.3) is 0 Å². The minimum Gasteiger partial charge on any atom is -0.378 e. The molecular weight excluding hydrogens is 384 g/mol. The van der Waals surface area contributed by atoms with Crippen molar-refractivity contribution in [1.82, 2.24) is 0 Å². The summed E-state index contributed by atoms with van der Waals surface area (Å²) in [5, 5.41) is 3.72. The van der Waals surface area contributed by atoms with Crippen LogP contribution in [0.3, 0.4) is 0 Å². The van der Waals surface area contributed by atoms with Gasteiger partial charge in [0.25, 0.3) is 0 Å². The molecular formula is C13H9Br2ClFN. The Labute approximate surface area is 127 Å². The highest BCUT2D eigenvalue weighted by molar-refractivity contribution is 9.11. The summed E-state index contributed by atoms with van der Waals surface area (Å²) in [4.78, 5) is 0. The van der Waals surface area contributed by atoms with Crippen molar-refractivity contribution in [3.8, 4) is 0 Å². The van der Waals surface area contributed by atoms with Gasteiger partial charge in [-0.1, -0.05) is 23.7 Å². The first-order valence-corrected chi connectivity index (χ1v) is 7.16. The summed E-state index contributed by atoms with van der Waals surface area (Å²) in [6, 6.07) is 10.5. The van der Waals surface area contributed by atoms with Crippen LogP contribution in [-0.4, -0.2) is 0 Å². The van der Waals surface area contributed by atoms with E-state index in [9.17, 15) is 4.39 Å². The van der Waals surface area contributed by atoms with Crippen molar-refractivity contribution < 1.29 is 4.39 Å². The smallest absolute Gasteiger partial charge is 0.147 e. The molecule has 5 heteroatoms. The van der Waals surface area contributed by atoms with Crippen molar-refractivity contribution in [3.05, 3.63) is 61.7 Å². The van der Waals surface area contributed by atoms with Crippen molar-refractivity contribution in [2.24, 2.45) is 0 Å². The Bertz CT molecular complexity index is 555. The summed E-state index contributed by atoms with van der Waals surface area (Å²) in [5.41, 5.74) is 1.48. The molecule has 2 rings (SSSR count). The summed E-state index contributed by atoms with van der Waals surface area (Å²) >= 11 is 12.6. The lowest BCUT2D eigenvalue weighted by Crippen LogP contribution is -2.02. The fourth-order valence-corrected chi connectivity index (χ4v) is 2.53. The molecule has 1 nitrogen and oxygen atoms in total. The van der Waals surface area contributed by atoms with Crippen LogP contribution >= 0.6 is 43.5 Å². The Hall–Kier alpha value is -0.580. The molecule has 0 heterocycles. The normalized spacial score (nSPS) is 10.4. The number of hydrogen-bond acceptors (Lipinski definition) is 1. The SMILES string of the molecule is Fc1cccc(Br)c1NCc1ccc(Cl)c(Br)c1. The Morgan fingerprint density at radius 1 is 1.11 bits per heavy atom. The second-order valence-corrected chi connectivity index (χ2v) is 5.81. The highest BCUT2D eigenvalue weighted by atomic mass is 79.9. The van der Waals surface area contributed by atoms with Gasteiger partial charge in [-0.2, -0.15) is 0 Å². The van der Waals surface area contributed by atoms with Crippen molar-refractivity contribution in [3.63, 3.8) is 0 Å². The van der Waals surface area contributed by atoms with Gasteiger partial charge in [0.05, 0.1) is 10.7 Å². The zero-order valence-corrected chi connectivity index (χ0v) is 13.1. The molecule has 0 saturated heterocycles. The van der Waals surface area contributed by atoms with E-state index in [4.69, 9.17) is 11.6 Å². The van der Waals surface area contributed by atoms with Crippen LogP contribution in [0, 0.1) is 5.82 Å². The summed E-state index contributed by atoms with van der Waals surface area (Å²) in [6.07, 6.45) is 0. The molecule has 0 bridgehead atoms. The summed E-state index contributed by atoms with van der Waals surface area (Å²) < 4.78 is 15.1. The third-order valence-electron chi connectivity index (χ3n) is 2.42. The molecule has 1 N–H and O–H groups in total. The van der Waals surface area contributed by atoms with Gasteiger partial charge in [-0.3, -0.25) is 0 Å². The van der Waals surface area contributed by atoms with Gasteiger partial charge in [-0.05, 0) is 61.7 Å². The zero-order valence-electron chi connectivity index (χ0n) is 9.18. The van der Waals surface area contributed by atoms with E-state index in [1.165, 1.54) is 6.07 Å².